The van der Waals surface area contributed by atoms with E-state index in [4.69, 9.17) is 9.47 Å². The zero-order valence-electron chi connectivity index (χ0n) is 11.7. The van der Waals surface area contributed by atoms with Crippen molar-refractivity contribution in [2.24, 2.45) is 0 Å². The van der Waals surface area contributed by atoms with Gasteiger partial charge in [-0.1, -0.05) is 12.1 Å². The largest absolute Gasteiger partial charge is 0.497 e. The highest BCUT2D eigenvalue weighted by Crippen LogP contribution is 2.30. The van der Waals surface area contributed by atoms with Crippen molar-refractivity contribution in [2.75, 3.05) is 26.7 Å². The predicted octanol–water partition coefficient (Wildman–Crippen LogP) is 1.77. The number of ether oxygens (including phenoxy) is 2. The number of methoxy groups -OCH3 is 1. The van der Waals surface area contributed by atoms with Crippen LogP contribution in [0.4, 0.5) is 4.79 Å². The summed E-state index contributed by atoms with van der Waals surface area (Å²) in [6, 6.07) is 7.79. The van der Waals surface area contributed by atoms with Crippen molar-refractivity contribution in [3.63, 3.8) is 0 Å². The van der Waals surface area contributed by atoms with E-state index in [2.05, 4.69) is 5.32 Å². The first-order chi connectivity index (χ1) is 9.71. The molecule has 2 saturated heterocycles. The van der Waals surface area contributed by atoms with Crippen molar-refractivity contribution in [2.45, 2.75) is 25.0 Å². The second-order valence-corrected chi connectivity index (χ2v) is 5.54. The van der Waals surface area contributed by atoms with Gasteiger partial charge in [0.1, 0.15) is 11.4 Å². The van der Waals surface area contributed by atoms with Gasteiger partial charge in [0.05, 0.1) is 13.7 Å². The number of piperidine rings is 1. The summed E-state index contributed by atoms with van der Waals surface area (Å²) < 4.78 is 10.8. The molecule has 0 saturated carbocycles. The van der Waals surface area contributed by atoms with Gasteiger partial charge in [-0.3, -0.25) is 4.90 Å². The number of carbonyl (C=O) groups is 1. The summed E-state index contributed by atoms with van der Waals surface area (Å²) in [6.45, 7) is 3.00. The fraction of sp³-hybridized carbons (Fsp3) is 0.533. The molecule has 5 heteroatoms. The van der Waals surface area contributed by atoms with Crippen LogP contribution < -0.4 is 10.1 Å². The third kappa shape index (κ3) is 2.58. The van der Waals surface area contributed by atoms with Gasteiger partial charge in [0.25, 0.3) is 0 Å². The second-order valence-electron chi connectivity index (χ2n) is 5.54. The first-order valence-corrected chi connectivity index (χ1v) is 7.02. The molecule has 0 radical (unpaired) electrons. The summed E-state index contributed by atoms with van der Waals surface area (Å²) in [6.07, 6.45) is 1.79. The smallest absolute Gasteiger partial charge is 0.410 e. The summed E-state index contributed by atoms with van der Waals surface area (Å²) in [7, 11) is 1.64. The zero-order chi connectivity index (χ0) is 14.0. The molecule has 3 rings (SSSR count). The number of rotatable bonds is 3. The lowest BCUT2D eigenvalue weighted by atomic mass is 9.94. The van der Waals surface area contributed by atoms with E-state index in [0.29, 0.717) is 13.1 Å². The molecule has 20 heavy (non-hydrogen) atoms. The average Bonchev–Trinajstić information content (AvgIpc) is 2.75. The maximum absolute atomic E-state index is 12.1. The minimum Gasteiger partial charge on any atom is -0.497 e. The van der Waals surface area contributed by atoms with Crippen molar-refractivity contribution < 1.29 is 14.3 Å². The summed E-state index contributed by atoms with van der Waals surface area (Å²) in [5, 5.41) is 3.32. The van der Waals surface area contributed by atoms with Crippen molar-refractivity contribution in [1.29, 1.82) is 0 Å². The van der Waals surface area contributed by atoms with Crippen LogP contribution in [0.25, 0.3) is 0 Å². The van der Waals surface area contributed by atoms with Crippen molar-refractivity contribution >= 4 is 6.09 Å². The molecule has 1 atom stereocenters. The average molecular weight is 276 g/mol. The Balaban J connectivity index is 1.69. The van der Waals surface area contributed by atoms with Crippen molar-refractivity contribution in [3.05, 3.63) is 29.8 Å². The van der Waals surface area contributed by atoms with Gasteiger partial charge in [-0.05, 0) is 37.1 Å². The van der Waals surface area contributed by atoms with Gasteiger partial charge >= 0.3 is 6.09 Å². The Morgan fingerprint density at radius 2 is 2.40 bits per heavy atom. The van der Waals surface area contributed by atoms with Gasteiger partial charge < -0.3 is 14.8 Å². The Kier molecular flexibility index (Phi) is 3.53. The number of hydrogen-bond donors (Lipinski definition) is 1. The van der Waals surface area contributed by atoms with E-state index in [1.165, 1.54) is 0 Å². The molecule has 1 spiro atoms. The summed E-state index contributed by atoms with van der Waals surface area (Å²) in [4.78, 5) is 13.8. The Hall–Kier alpha value is -1.75. The molecule has 1 N–H and O–H groups in total. The van der Waals surface area contributed by atoms with E-state index in [-0.39, 0.29) is 11.7 Å². The summed E-state index contributed by atoms with van der Waals surface area (Å²) >= 11 is 0. The molecule has 1 aromatic carbocycles. The van der Waals surface area contributed by atoms with Crippen LogP contribution in [0.3, 0.4) is 0 Å². The van der Waals surface area contributed by atoms with Gasteiger partial charge in [-0.15, -0.1) is 0 Å². The normalized spacial score (nSPS) is 25.9. The van der Waals surface area contributed by atoms with Gasteiger partial charge in [-0.25, -0.2) is 4.79 Å². The highest BCUT2D eigenvalue weighted by atomic mass is 16.6. The Morgan fingerprint density at radius 1 is 1.50 bits per heavy atom. The summed E-state index contributed by atoms with van der Waals surface area (Å²) in [5.41, 5.74) is 0.732. The number of benzene rings is 1. The van der Waals surface area contributed by atoms with Crippen LogP contribution in [-0.4, -0.2) is 43.3 Å². The molecule has 108 valence electrons. The molecule has 5 nitrogen and oxygen atoms in total. The highest BCUT2D eigenvalue weighted by Gasteiger charge is 2.45. The van der Waals surface area contributed by atoms with Crippen LogP contribution in [0.1, 0.15) is 18.4 Å². The molecule has 1 amide bonds. The van der Waals surface area contributed by atoms with E-state index >= 15 is 0 Å². The lowest BCUT2D eigenvalue weighted by molar-refractivity contribution is 0.0366. The number of hydrogen-bond acceptors (Lipinski definition) is 4. The lowest BCUT2D eigenvalue weighted by Crippen LogP contribution is -2.48. The van der Waals surface area contributed by atoms with Crippen LogP contribution in [0, 0.1) is 0 Å². The zero-order valence-corrected chi connectivity index (χ0v) is 11.7. The maximum Gasteiger partial charge on any atom is 0.410 e. The minimum atomic E-state index is -0.325. The van der Waals surface area contributed by atoms with E-state index in [1.807, 2.05) is 24.3 Å². The Morgan fingerprint density at radius 3 is 3.15 bits per heavy atom. The fourth-order valence-corrected chi connectivity index (χ4v) is 2.97. The molecule has 2 aliphatic rings. The van der Waals surface area contributed by atoms with E-state index in [9.17, 15) is 4.79 Å². The van der Waals surface area contributed by atoms with Crippen molar-refractivity contribution in [3.8, 4) is 5.75 Å². The molecule has 1 unspecified atom stereocenters. The lowest BCUT2D eigenvalue weighted by Gasteiger charge is -2.31. The summed E-state index contributed by atoms with van der Waals surface area (Å²) in [5.74, 6) is 0.809. The third-order valence-electron chi connectivity index (χ3n) is 3.98. The van der Waals surface area contributed by atoms with Gasteiger partial charge in [-0.2, -0.15) is 0 Å². The van der Waals surface area contributed by atoms with Crippen LogP contribution in [0.2, 0.25) is 0 Å². The standard InChI is InChI=1S/C15H20N2O3/c1-19-13-5-2-4-12(8-13)9-17-11-15(20-14(17)18)6-3-7-16-10-15/h2,4-5,8,16H,3,6-7,9-11H2,1H3. The van der Waals surface area contributed by atoms with Crippen molar-refractivity contribution in [1.82, 2.24) is 10.2 Å². The molecule has 2 heterocycles. The molecule has 1 aromatic rings. The molecule has 0 aromatic heterocycles. The molecule has 2 fully saturated rings. The van der Waals surface area contributed by atoms with E-state index in [0.717, 1.165) is 37.2 Å². The number of nitrogens with one attached hydrogen (secondary N) is 1. The topological polar surface area (TPSA) is 50.8 Å². The van der Waals surface area contributed by atoms with Crippen LogP contribution >= 0.6 is 0 Å². The van der Waals surface area contributed by atoms with Gasteiger partial charge in [0.15, 0.2) is 0 Å². The fourth-order valence-electron chi connectivity index (χ4n) is 2.97. The number of amides is 1. The van der Waals surface area contributed by atoms with Crippen LogP contribution in [-0.2, 0) is 11.3 Å². The van der Waals surface area contributed by atoms with E-state index in [1.54, 1.807) is 12.0 Å². The maximum atomic E-state index is 12.1. The highest BCUT2D eigenvalue weighted by molar-refractivity contribution is 5.71. The first kappa shape index (κ1) is 13.2. The molecule has 0 aliphatic carbocycles. The minimum absolute atomic E-state index is 0.212. The Labute approximate surface area is 118 Å². The van der Waals surface area contributed by atoms with Gasteiger partial charge in [0, 0.05) is 13.1 Å². The Bertz CT molecular complexity index is 498. The van der Waals surface area contributed by atoms with Crippen LogP contribution in [0.15, 0.2) is 24.3 Å². The quantitative estimate of drug-likeness (QED) is 0.914. The molecular formula is C15H20N2O3. The van der Waals surface area contributed by atoms with Crippen LogP contribution in [0.5, 0.6) is 5.75 Å². The second kappa shape index (κ2) is 5.32. The SMILES string of the molecule is COc1cccc(CN2CC3(CCCNC3)OC2=O)c1. The molecule has 0 bridgehead atoms. The monoisotopic (exact) mass is 276 g/mol. The van der Waals surface area contributed by atoms with Gasteiger partial charge in [0.2, 0.25) is 0 Å². The molecular weight excluding hydrogens is 256 g/mol. The first-order valence-electron chi connectivity index (χ1n) is 7.02. The third-order valence-corrected chi connectivity index (χ3v) is 3.98. The number of nitrogens with zero attached hydrogens (tertiary/aromatic N) is 1. The van der Waals surface area contributed by atoms with E-state index < -0.39 is 0 Å². The molecule has 2 aliphatic heterocycles. The predicted molar refractivity (Wildman–Crippen MR) is 74.7 cm³/mol. The number of carbonyl (C=O) groups excluding carboxylic acids is 1.